The number of aromatic nitrogens is 3. The van der Waals surface area contributed by atoms with Crippen molar-refractivity contribution in [1.29, 1.82) is 0 Å². The van der Waals surface area contributed by atoms with E-state index in [9.17, 15) is 4.79 Å². The third-order valence-electron chi connectivity index (χ3n) is 4.89. The molecule has 1 atom stereocenters. The fraction of sp³-hybridized carbons (Fsp3) is 0.350. The van der Waals surface area contributed by atoms with Crippen LogP contribution >= 0.6 is 0 Å². The summed E-state index contributed by atoms with van der Waals surface area (Å²) in [6.07, 6.45) is 4.03. The number of aryl methyl sites for hydroxylation is 1. The Labute approximate surface area is 158 Å². The molecule has 3 heterocycles. The van der Waals surface area contributed by atoms with Crippen LogP contribution in [0.3, 0.4) is 0 Å². The van der Waals surface area contributed by atoms with Gasteiger partial charge in [-0.15, -0.1) is 5.10 Å². The largest absolute Gasteiger partial charge is 0.468 e. The molecule has 1 aliphatic heterocycles. The number of carbonyl (C=O) groups is 1. The minimum absolute atomic E-state index is 0.0379. The maximum atomic E-state index is 12.7. The molecule has 1 aromatic carbocycles. The molecule has 140 valence electrons. The van der Waals surface area contributed by atoms with E-state index in [1.807, 2.05) is 42.5 Å². The minimum Gasteiger partial charge on any atom is -0.468 e. The number of amides is 1. The van der Waals surface area contributed by atoms with Crippen molar-refractivity contribution < 1.29 is 9.21 Å². The molecule has 0 spiro atoms. The number of hydrogen-bond donors (Lipinski definition) is 1. The summed E-state index contributed by atoms with van der Waals surface area (Å²) in [6.45, 7) is 4.31. The molecule has 3 aromatic rings. The first kappa shape index (κ1) is 17.5. The predicted molar refractivity (Wildman–Crippen MR) is 101 cm³/mol. The lowest BCUT2D eigenvalue weighted by molar-refractivity contribution is 0.0927. The summed E-state index contributed by atoms with van der Waals surface area (Å²) in [7, 11) is 0. The van der Waals surface area contributed by atoms with Crippen molar-refractivity contribution >= 4 is 5.91 Å². The number of furan rings is 1. The van der Waals surface area contributed by atoms with E-state index >= 15 is 0 Å². The van der Waals surface area contributed by atoms with Gasteiger partial charge in [-0.1, -0.05) is 18.2 Å². The predicted octanol–water partition coefficient (Wildman–Crippen LogP) is 2.74. The van der Waals surface area contributed by atoms with Crippen LogP contribution in [0.5, 0.6) is 0 Å². The van der Waals surface area contributed by atoms with E-state index in [2.05, 4.69) is 20.4 Å². The Morgan fingerprint density at radius 3 is 2.63 bits per heavy atom. The Morgan fingerprint density at radius 2 is 1.93 bits per heavy atom. The molecule has 1 saturated heterocycles. The van der Waals surface area contributed by atoms with E-state index in [0.717, 1.165) is 24.5 Å². The third kappa shape index (κ3) is 3.78. The number of rotatable bonds is 6. The Bertz CT molecular complexity index is 883. The average molecular weight is 365 g/mol. The summed E-state index contributed by atoms with van der Waals surface area (Å²) < 4.78 is 5.61. The standard InChI is InChI=1S/C20H23N5O2/c1-15-19(23-25(22-15)16-8-3-2-4-9-16)20(26)21-14-17(18-10-7-13-27-18)24-11-5-6-12-24/h2-4,7-10,13,17H,5-6,11-12,14H2,1H3,(H,21,26). The molecule has 1 amide bonds. The van der Waals surface area contributed by atoms with Gasteiger partial charge in [0.2, 0.25) is 0 Å². The van der Waals surface area contributed by atoms with Crippen LogP contribution in [0.4, 0.5) is 0 Å². The Morgan fingerprint density at radius 1 is 1.15 bits per heavy atom. The lowest BCUT2D eigenvalue weighted by Crippen LogP contribution is -2.37. The van der Waals surface area contributed by atoms with Crippen LogP contribution in [0.1, 0.15) is 40.8 Å². The summed E-state index contributed by atoms with van der Waals surface area (Å²) in [6, 6.07) is 13.5. The highest BCUT2D eigenvalue weighted by Gasteiger charge is 2.27. The normalized spacial score (nSPS) is 15.7. The van der Waals surface area contributed by atoms with Crippen molar-refractivity contribution in [3.05, 3.63) is 65.9 Å². The summed E-state index contributed by atoms with van der Waals surface area (Å²) in [5.74, 6) is 0.660. The van der Waals surface area contributed by atoms with Crippen LogP contribution < -0.4 is 5.32 Å². The quantitative estimate of drug-likeness (QED) is 0.727. The average Bonchev–Trinajstić information content (AvgIpc) is 3.45. The number of carbonyl (C=O) groups excluding carboxylic acids is 1. The lowest BCUT2D eigenvalue weighted by Gasteiger charge is -2.25. The van der Waals surface area contributed by atoms with Gasteiger partial charge >= 0.3 is 0 Å². The molecule has 0 radical (unpaired) electrons. The molecule has 1 fully saturated rings. The smallest absolute Gasteiger partial charge is 0.273 e. The van der Waals surface area contributed by atoms with E-state index in [-0.39, 0.29) is 11.9 Å². The van der Waals surface area contributed by atoms with Crippen LogP contribution in [0.2, 0.25) is 0 Å². The van der Waals surface area contributed by atoms with Gasteiger partial charge in [0.1, 0.15) is 5.76 Å². The van der Waals surface area contributed by atoms with Crippen LogP contribution in [-0.2, 0) is 0 Å². The van der Waals surface area contributed by atoms with E-state index < -0.39 is 0 Å². The zero-order valence-corrected chi connectivity index (χ0v) is 15.3. The number of nitrogens with one attached hydrogen (secondary N) is 1. The highest BCUT2D eigenvalue weighted by molar-refractivity contribution is 5.93. The maximum absolute atomic E-state index is 12.7. The Kier molecular flexibility index (Phi) is 5.02. The molecular formula is C20H23N5O2. The SMILES string of the molecule is Cc1nn(-c2ccccc2)nc1C(=O)NCC(c1ccco1)N1CCCC1. The fourth-order valence-electron chi connectivity index (χ4n) is 3.48. The van der Waals surface area contributed by atoms with Gasteiger partial charge < -0.3 is 9.73 Å². The number of para-hydroxylation sites is 1. The van der Waals surface area contributed by atoms with Gasteiger partial charge in [0, 0.05) is 6.54 Å². The van der Waals surface area contributed by atoms with Gasteiger partial charge in [-0.3, -0.25) is 9.69 Å². The molecule has 0 saturated carbocycles. The zero-order chi connectivity index (χ0) is 18.6. The molecule has 1 N–H and O–H groups in total. The van der Waals surface area contributed by atoms with Crippen molar-refractivity contribution in [3.63, 3.8) is 0 Å². The summed E-state index contributed by atoms with van der Waals surface area (Å²) >= 11 is 0. The summed E-state index contributed by atoms with van der Waals surface area (Å²) in [5, 5.41) is 11.8. The molecule has 1 aliphatic rings. The number of nitrogens with zero attached hydrogens (tertiary/aromatic N) is 4. The zero-order valence-electron chi connectivity index (χ0n) is 15.3. The van der Waals surface area contributed by atoms with E-state index in [0.29, 0.717) is 17.9 Å². The molecule has 0 bridgehead atoms. The Balaban J connectivity index is 1.48. The molecule has 7 heteroatoms. The van der Waals surface area contributed by atoms with Gasteiger partial charge in [0.15, 0.2) is 5.69 Å². The summed E-state index contributed by atoms with van der Waals surface area (Å²) in [5.41, 5.74) is 1.77. The highest BCUT2D eigenvalue weighted by atomic mass is 16.3. The highest BCUT2D eigenvalue weighted by Crippen LogP contribution is 2.25. The van der Waals surface area contributed by atoms with Gasteiger partial charge in [0.05, 0.1) is 23.7 Å². The number of benzene rings is 1. The molecule has 27 heavy (non-hydrogen) atoms. The van der Waals surface area contributed by atoms with Gasteiger partial charge in [0.25, 0.3) is 5.91 Å². The number of hydrogen-bond acceptors (Lipinski definition) is 5. The molecule has 2 aromatic heterocycles. The molecule has 1 unspecified atom stereocenters. The van der Waals surface area contributed by atoms with Crippen LogP contribution in [0, 0.1) is 6.92 Å². The van der Waals surface area contributed by atoms with E-state index in [1.165, 1.54) is 17.6 Å². The first-order valence-electron chi connectivity index (χ1n) is 9.27. The van der Waals surface area contributed by atoms with Gasteiger partial charge in [-0.25, -0.2) is 0 Å². The first-order chi connectivity index (χ1) is 13.2. The molecule has 4 rings (SSSR count). The van der Waals surface area contributed by atoms with Crippen LogP contribution in [-0.4, -0.2) is 45.4 Å². The summed E-state index contributed by atoms with van der Waals surface area (Å²) in [4.78, 5) is 16.6. The lowest BCUT2D eigenvalue weighted by atomic mass is 10.2. The van der Waals surface area contributed by atoms with Crippen molar-refractivity contribution in [3.8, 4) is 5.69 Å². The maximum Gasteiger partial charge on any atom is 0.273 e. The van der Waals surface area contributed by atoms with Gasteiger partial charge in [-0.05, 0) is 57.1 Å². The van der Waals surface area contributed by atoms with Crippen molar-refractivity contribution in [1.82, 2.24) is 25.2 Å². The molecule has 7 nitrogen and oxygen atoms in total. The van der Waals surface area contributed by atoms with Crippen molar-refractivity contribution in [2.45, 2.75) is 25.8 Å². The van der Waals surface area contributed by atoms with Crippen LogP contribution in [0.25, 0.3) is 5.69 Å². The molecular weight excluding hydrogens is 342 g/mol. The van der Waals surface area contributed by atoms with Gasteiger partial charge in [-0.2, -0.15) is 9.90 Å². The second kappa shape index (κ2) is 7.75. The van der Waals surface area contributed by atoms with Crippen molar-refractivity contribution in [2.75, 3.05) is 19.6 Å². The fourth-order valence-corrected chi connectivity index (χ4v) is 3.48. The van der Waals surface area contributed by atoms with E-state index in [4.69, 9.17) is 4.42 Å². The third-order valence-corrected chi connectivity index (χ3v) is 4.89. The van der Waals surface area contributed by atoms with Crippen molar-refractivity contribution in [2.24, 2.45) is 0 Å². The number of likely N-dealkylation sites (tertiary alicyclic amines) is 1. The van der Waals surface area contributed by atoms with Crippen LogP contribution in [0.15, 0.2) is 53.1 Å². The van der Waals surface area contributed by atoms with E-state index in [1.54, 1.807) is 13.2 Å². The topological polar surface area (TPSA) is 76.2 Å². The minimum atomic E-state index is -0.217. The Hall–Kier alpha value is -2.93. The second-order valence-electron chi connectivity index (χ2n) is 6.74. The monoisotopic (exact) mass is 365 g/mol. The molecule has 0 aliphatic carbocycles. The first-order valence-corrected chi connectivity index (χ1v) is 9.27. The second-order valence-corrected chi connectivity index (χ2v) is 6.74.